The molecule has 2 aromatic carbocycles. The average Bonchev–Trinajstić information content (AvgIpc) is 2.55. The lowest BCUT2D eigenvalue weighted by molar-refractivity contribution is 0.123. The maximum atomic E-state index is 6.44. The second-order valence-corrected chi connectivity index (χ2v) is 6.54. The number of nitrogens with one attached hydrogen (secondary N) is 1. The zero-order chi connectivity index (χ0) is 15.4. The molecule has 0 atom stereocenters. The molecule has 2 aromatic rings. The number of morpholine rings is 1. The fourth-order valence-electron chi connectivity index (χ4n) is 2.57. The van der Waals surface area contributed by atoms with Gasteiger partial charge in [-0.3, -0.25) is 0 Å². The molecular weight excluding hydrogens is 364 g/mol. The first-order valence-corrected chi connectivity index (χ1v) is 8.50. The molecule has 0 unspecified atom stereocenters. The van der Waals surface area contributed by atoms with Crippen molar-refractivity contribution < 1.29 is 4.74 Å². The van der Waals surface area contributed by atoms with Crippen LogP contribution in [0.4, 0.5) is 11.4 Å². The molecule has 0 spiro atoms. The van der Waals surface area contributed by atoms with E-state index in [9.17, 15) is 0 Å². The van der Waals surface area contributed by atoms with Gasteiger partial charge in [0.05, 0.1) is 29.6 Å². The van der Waals surface area contributed by atoms with Crippen molar-refractivity contribution >= 4 is 38.9 Å². The molecule has 1 aliphatic heterocycles. The number of rotatable bonds is 4. The highest BCUT2D eigenvalue weighted by molar-refractivity contribution is 9.10. The standard InChI is InChI=1S/C17H18BrClN2O/c18-14-6-4-13(5-7-14)12-20-16-3-1-2-15(19)17(16)21-8-10-22-11-9-21/h1-7,20H,8-12H2. The Balaban J connectivity index is 1.77. The van der Waals surface area contributed by atoms with Gasteiger partial charge in [-0.25, -0.2) is 0 Å². The summed E-state index contributed by atoms with van der Waals surface area (Å²) in [6.45, 7) is 4.01. The molecule has 1 fully saturated rings. The molecule has 1 saturated heterocycles. The summed E-state index contributed by atoms with van der Waals surface area (Å²) in [6, 6.07) is 14.3. The average molecular weight is 382 g/mol. The summed E-state index contributed by atoms with van der Waals surface area (Å²) in [4.78, 5) is 2.29. The third-order valence-electron chi connectivity index (χ3n) is 3.71. The summed E-state index contributed by atoms with van der Waals surface area (Å²) < 4.78 is 6.52. The van der Waals surface area contributed by atoms with E-state index in [1.165, 1.54) is 5.56 Å². The molecular formula is C17H18BrClN2O. The van der Waals surface area contributed by atoms with Crippen molar-refractivity contribution in [3.8, 4) is 0 Å². The minimum absolute atomic E-state index is 0.747. The van der Waals surface area contributed by atoms with E-state index in [1.807, 2.05) is 12.1 Å². The van der Waals surface area contributed by atoms with Crippen LogP contribution in [-0.4, -0.2) is 26.3 Å². The Kier molecular flexibility index (Phi) is 5.24. The van der Waals surface area contributed by atoms with Crippen LogP contribution in [0.25, 0.3) is 0 Å². The van der Waals surface area contributed by atoms with Gasteiger partial charge in [-0.2, -0.15) is 0 Å². The van der Waals surface area contributed by atoms with E-state index in [4.69, 9.17) is 16.3 Å². The smallest absolute Gasteiger partial charge is 0.0792 e. The minimum Gasteiger partial charge on any atom is -0.379 e. The SMILES string of the molecule is Clc1cccc(NCc2ccc(Br)cc2)c1N1CCOCC1. The van der Waals surface area contributed by atoms with Gasteiger partial charge in [0.15, 0.2) is 0 Å². The Bertz CT molecular complexity index is 627. The number of anilines is 2. The molecule has 1 N–H and O–H groups in total. The molecule has 0 radical (unpaired) electrons. The highest BCUT2D eigenvalue weighted by Crippen LogP contribution is 2.34. The molecule has 0 amide bonds. The van der Waals surface area contributed by atoms with Crippen LogP contribution >= 0.6 is 27.5 Å². The van der Waals surface area contributed by atoms with E-state index in [0.717, 1.165) is 53.7 Å². The maximum absolute atomic E-state index is 6.44. The Morgan fingerprint density at radius 3 is 2.55 bits per heavy atom. The van der Waals surface area contributed by atoms with Crippen LogP contribution in [0, 0.1) is 0 Å². The minimum atomic E-state index is 0.747. The first-order chi connectivity index (χ1) is 10.7. The first-order valence-electron chi connectivity index (χ1n) is 7.33. The summed E-state index contributed by atoms with van der Waals surface area (Å²) in [5.41, 5.74) is 3.37. The molecule has 3 rings (SSSR count). The Morgan fingerprint density at radius 1 is 1.09 bits per heavy atom. The number of ether oxygens (including phenoxy) is 1. The van der Waals surface area contributed by atoms with Crippen molar-refractivity contribution in [2.75, 3.05) is 36.5 Å². The predicted octanol–water partition coefficient (Wildman–Crippen LogP) is 4.55. The topological polar surface area (TPSA) is 24.5 Å². The van der Waals surface area contributed by atoms with Gasteiger partial charge in [0.25, 0.3) is 0 Å². The van der Waals surface area contributed by atoms with Crippen LogP contribution in [0.5, 0.6) is 0 Å². The van der Waals surface area contributed by atoms with Crippen LogP contribution in [-0.2, 0) is 11.3 Å². The lowest BCUT2D eigenvalue weighted by Gasteiger charge is -2.31. The zero-order valence-electron chi connectivity index (χ0n) is 12.2. The number of hydrogen-bond acceptors (Lipinski definition) is 3. The van der Waals surface area contributed by atoms with Crippen LogP contribution in [0.3, 0.4) is 0 Å². The maximum Gasteiger partial charge on any atom is 0.0792 e. The monoisotopic (exact) mass is 380 g/mol. The molecule has 116 valence electrons. The fraction of sp³-hybridized carbons (Fsp3) is 0.294. The zero-order valence-corrected chi connectivity index (χ0v) is 14.5. The lowest BCUT2D eigenvalue weighted by Crippen LogP contribution is -2.36. The Hall–Kier alpha value is -1.23. The van der Waals surface area contributed by atoms with Gasteiger partial charge in [0.2, 0.25) is 0 Å². The first kappa shape index (κ1) is 15.7. The summed E-state index contributed by atoms with van der Waals surface area (Å²) in [5.74, 6) is 0. The van der Waals surface area contributed by atoms with E-state index >= 15 is 0 Å². The predicted molar refractivity (Wildman–Crippen MR) is 96.0 cm³/mol. The van der Waals surface area contributed by atoms with Crippen LogP contribution < -0.4 is 10.2 Å². The summed E-state index contributed by atoms with van der Waals surface area (Å²) >= 11 is 9.89. The van der Waals surface area contributed by atoms with Crippen molar-refractivity contribution in [2.45, 2.75) is 6.54 Å². The van der Waals surface area contributed by atoms with Crippen molar-refractivity contribution in [3.05, 3.63) is 57.5 Å². The molecule has 3 nitrogen and oxygen atoms in total. The van der Waals surface area contributed by atoms with Gasteiger partial charge >= 0.3 is 0 Å². The number of hydrogen-bond donors (Lipinski definition) is 1. The second-order valence-electron chi connectivity index (χ2n) is 5.22. The van der Waals surface area contributed by atoms with E-state index < -0.39 is 0 Å². The molecule has 1 aliphatic rings. The van der Waals surface area contributed by atoms with Crippen molar-refractivity contribution in [2.24, 2.45) is 0 Å². The Labute approximate surface area is 144 Å². The fourth-order valence-corrected chi connectivity index (χ4v) is 3.12. The highest BCUT2D eigenvalue weighted by Gasteiger charge is 2.17. The quantitative estimate of drug-likeness (QED) is 0.841. The molecule has 0 aliphatic carbocycles. The molecule has 5 heteroatoms. The van der Waals surface area contributed by atoms with E-state index in [0.29, 0.717) is 0 Å². The van der Waals surface area contributed by atoms with Gasteiger partial charge in [-0.15, -0.1) is 0 Å². The third-order valence-corrected chi connectivity index (χ3v) is 4.54. The van der Waals surface area contributed by atoms with E-state index in [1.54, 1.807) is 0 Å². The van der Waals surface area contributed by atoms with Gasteiger partial charge in [0.1, 0.15) is 0 Å². The Morgan fingerprint density at radius 2 is 1.82 bits per heavy atom. The molecule has 0 aromatic heterocycles. The van der Waals surface area contributed by atoms with Crippen LogP contribution in [0.2, 0.25) is 5.02 Å². The van der Waals surface area contributed by atoms with Gasteiger partial charge < -0.3 is 15.0 Å². The van der Waals surface area contributed by atoms with Gasteiger partial charge in [-0.1, -0.05) is 45.7 Å². The summed E-state index contributed by atoms with van der Waals surface area (Å²) in [6.07, 6.45) is 0. The largest absolute Gasteiger partial charge is 0.379 e. The van der Waals surface area contributed by atoms with E-state index in [2.05, 4.69) is 56.5 Å². The van der Waals surface area contributed by atoms with Crippen LogP contribution in [0.15, 0.2) is 46.9 Å². The molecule has 22 heavy (non-hydrogen) atoms. The molecule has 0 bridgehead atoms. The second kappa shape index (κ2) is 7.36. The highest BCUT2D eigenvalue weighted by atomic mass is 79.9. The van der Waals surface area contributed by atoms with Crippen molar-refractivity contribution in [3.63, 3.8) is 0 Å². The molecule has 1 heterocycles. The van der Waals surface area contributed by atoms with Crippen LogP contribution in [0.1, 0.15) is 5.56 Å². The normalized spacial score (nSPS) is 14.9. The van der Waals surface area contributed by atoms with Crippen molar-refractivity contribution in [1.82, 2.24) is 0 Å². The van der Waals surface area contributed by atoms with Gasteiger partial charge in [-0.05, 0) is 29.8 Å². The summed E-state index contributed by atoms with van der Waals surface area (Å²) in [5, 5.41) is 4.29. The lowest BCUT2D eigenvalue weighted by atomic mass is 10.2. The van der Waals surface area contributed by atoms with E-state index in [-0.39, 0.29) is 0 Å². The van der Waals surface area contributed by atoms with Crippen molar-refractivity contribution in [1.29, 1.82) is 0 Å². The third kappa shape index (κ3) is 3.75. The van der Waals surface area contributed by atoms with Gasteiger partial charge in [0, 0.05) is 24.1 Å². The number of para-hydroxylation sites is 1. The molecule has 0 saturated carbocycles. The number of nitrogens with zero attached hydrogens (tertiary/aromatic N) is 1. The number of halogens is 2. The number of benzene rings is 2. The summed E-state index contributed by atoms with van der Waals surface area (Å²) in [7, 11) is 0.